The second-order valence-corrected chi connectivity index (χ2v) is 8.78. The van der Waals surface area contributed by atoms with Gasteiger partial charge in [-0.05, 0) is 45.0 Å². The van der Waals surface area contributed by atoms with Crippen molar-refractivity contribution in [3.8, 4) is 5.75 Å². The average Bonchev–Trinajstić information content (AvgIpc) is 3.07. The molecule has 0 aliphatic heterocycles. The van der Waals surface area contributed by atoms with Gasteiger partial charge in [-0.1, -0.05) is 18.2 Å². The largest absolute Gasteiger partial charge is 0.495 e. The van der Waals surface area contributed by atoms with Crippen molar-refractivity contribution < 1.29 is 27.2 Å². The predicted molar refractivity (Wildman–Crippen MR) is 114 cm³/mol. The van der Waals surface area contributed by atoms with Crippen LogP contribution in [0, 0.1) is 6.92 Å². The number of benzene rings is 2. The lowest BCUT2D eigenvalue weighted by Crippen LogP contribution is -2.41. The van der Waals surface area contributed by atoms with Crippen LogP contribution in [-0.4, -0.2) is 33.4 Å². The number of fused-ring (bicyclic) bond motifs is 1. The zero-order valence-corrected chi connectivity index (χ0v) is 18.3. The summed E-state index contributed by atoms with van der Waals surface area (Å²) in [5.74, 6) is -1.18. The molecule has 0 atom stereocenters. The topological polar surface area (TPSA) is 127 Å². The molecule has 0 saturated heterocycles. The molecule has 0 fully saturated rings. The molecular formula is C21H23N3O6S. The van der Waals surface area contributed by atoms with E-state index in [2.05, 4.69) is 15.6 Å². The second-order valence-electron chi connectivity index (χ2n) is 7.10. The first-order valence-electron chi connectivity index (χ1n) is 9.43. The molecule has 164 valence electrons. The highest BCUT2D eigenvalue weighted by Gasteiger charge is 2.23. The Balaban J connectivity index is 1.79. The van der Waals surface area contributed by atoms with E-state index >= 15 is 0 Å². The molecule has 0 bridgehead atoms. The zero-order valence-electron chi connectivity index (χ0n) is 17.5. The molecule has 0 spiro atoms. The maximum absolute atomic E-state index is 12.6. The number of nitrogens with one attached hydrogen (secondary N) is 3. The number of carbonyl (C=O) groups is 2. The van der Waals surface area contributed by atoms with Gasteiger partial charge in [-0.2, -0.15) is 0 Å². The van der Waals surface area contributed by atoms with Crippen LogP contribution in [0.15, 0.2) is 51.8 Å². The molecular weight excluding hydrogens is 422 g/mol. The molecule has 3 rings (SSSR count). The Morgan fingerprint density at radius 2 is 1.71 bits per heavy atom. The lowest BCUT2D eigenvalue weighted by molar-refractivity contribution is 0.0831. The minimum Gasteiger partial charge on any atom is -0.495 e. The van der Waals surface area contributed by atoms with Crippen LogP contribution in [-0.2, 0) is 10.0 Å². The van der Waals surface area contributed by atoms with E-state index in [0.717, 1.165) is 5.39 Å². The number of furan rings is 1. The molecule has 1 aromatic heterocycles. The SMILES string of the molecule is COc1ccc(C(=O)NNC(=O)c2oc3ccccc3c2C)cc1S(=O)(=O)NC(C)C. The molecule has 2 amide bonds. The van der Waals surface area contributed by atoms with E-state index in [1.54, 1.807) is 32.9 Å². The first kappa shape index (κ1) is 22.3. The Morgan fingerprint density at radius 1 is 1.03 bits per heavy atom. The highest BCUT2D eigenvalue weighted by molar-refractivity contribution is 7.89. The third-order valence-electron chi connectivity index (χ3n) is 4.45. The number of ether oxygens (including phenoxy) is 1. The number of sulfonamides is 1. The molecule has 0 aliphatic rings. The summed E-state index contributed by atoms with van der Waals surface area (Å²) < 4.78 is 38.3. The molecule has 2 aromatic carbocycles. The zero-order chi connectivity index (χ0) is 22.8. The average molecular weight is 445 g/mol. The summed E-state index contributed by atoms with van der Waals surface area (Å²) in [6, 6.07) is 10.8. The van der Waals surface area contributed by atoms with E-state index < -0.39 is 21.8 Å². The Labute approximate surface area is 179 Å². The summed E-state index contributed by atoms with van der Waals surface area (Å²) in [6.07, 6.45) is 0. The standard InChI is InChI=1S/C21H23N3O6S/c1-12(2)24-31(27,28)18-11-14(9-10-17(18)29-4)20(25)22-23-21(26)19-13(3)15-7-5-6-8-16(15)30-19/h5-12,24H,1-4H3,(H,22,25)(H,23,26). The maximum Gasteiger partial charge on any atom is 0.305 e. The lowest BCUT2D eigenvalue weighted by Gasteiger charge is -2.14. The molecule has 9 nitrogen and oxygen atoms in total. The number of aryl methyl sites for hydroxylation is 1. The summed E-state index contributed by atoms with van der Waals surface area (Å²) in [5.41, 5.74) is 5.77. The van der Waals surface area contributed by atoms with Gasteiger partial charge in [0.1, 0.15) is 16.2 Å². The summed E-state index contributed by atoms with van der Waals surface area (Å²) >= 11 is 0. The van der Waals surface area contributed by atoms with Crippen LogP contribution < -0.4 is 20.3 Å². The number of carbonyl (C=O) groups excluding carboxylic acids is 2. The number of rotatable bonds is 6. The van der Waals surface area contributed by atoms with E-state index in [1.807, 2.05) is 12.1 Å². The minimum atomic E-state index is -3.91. The van der Waals surface area contributed by atoms with Gasteiger partial charge >= 0.3 is 5.91 Å². The number of amides is 2. The Bertz CT molecular complexity index is 1250. The van der Waals surface area contributed by atoms with Crippen molar-refractivity contribution >= 4 is 32.8 Å². The van der Waals surface area contributed by atoms with Crippen LogP contribution in [0.1, 0.15) is 40.3 Å². The summed E-state index contributed by atoms with van der Waals surface area (Å²) in [7, 11) is -2.58. The fourth-order valence-corrected chi connectivity index (χ4v) is 4.48. The van der Waals surface area contributed by atoms with Crippen LogP contribution in [0.25, 0.3) is 11.0 Å². The molecule has 31 heavy (non-hydrogen) atoms. The fourth-order valence-electron chi connectivity index (χ4n) is 3.04. The van der Waals surface area contributed by atoms with E-state index in [0.29, 0.717) is 11.1 Å². The summed E-state index contributed by atoms with van der Waals surface area (Å²) in [4.78, 5) is 24.8. The van der Waals surface area contributed by atoms with Gasteiger partial charge in [-0.3, -0.25) is 20.4 Å². The maximum atomic E-state index is 12.6. The summed E-state index contributed by atoms with van der Waals surface area (Å²) in [6.45, 7) is 5.09. The van der Waals surface area contributed by atoms with E-state index in [9.17, 15) is 18.0 Å². The van der Waals surface area contributed by atoms with E-state index in [4.69, 9.17) is 9.15 Å². The predicted octanol–water partition coefficient (Wildman–Crippen LogP) is 2.51. The number of para-hydroxylation sites is 1. The number of hydrazine groups is 1. The van der Waals surface area contributed by atoms with Crippen molar-refractivity contribution in [3.63, 3.8) is 0 Å². The van der Waals surface area contributed by atoms with Gasteiger partial charge in [0.2, 0.25) is 10.0 Å². The summed E-state index contributed by atoms with van der Waals surface area (Å²) in [5, 5.41) is 0.793. The van der Waals surface area contributed by atoms with Gasteiger partial charge in [0, 0.05) is 22.6 Å². The molecule has 0 saturated carbocycles. The first-order valence-corrected chi connectivity index (χ1v) is 10.9. The first-order chi connectivity index (χ1) is 14.6. The third kappa shape index (κ3) is 4.70. The van der Waals surface area contributed by atoms with E-state index in [1.165, 1.54) is 25.3 Å². The van der Waals surface area contributed by atoms with Crippen LogP contribution in [0.2, 0.25) is 0 Å². The lowest BCUT2D eigenvalue weighted by atomic mass is 10.1. The van der Waals surface area contributed by atoms with Crippen molar-refractivity contribution in [1.82, 2.24) is 15.6 Å². The number of hydrogen-bond donors (Lipinski definition) is 3. The third-order valence-corrected chi connectivity index (χ3v) is 6.13. The molecule has 0 radical (unpaired) electrons. The van der Waals surface area contributed by atoms with Gasteiger partial charge in [0.05, 0.1) is 7.11 Å². The highest BCUT2D eigenvalue weighted by Crippen LogP contribution is 2.26. The van der Waals surface area contributed by atoms with Gasteiger partial charge in [-0.15, -0.1) is 0 Å². The van der Waals surface area contributed by atoms with Gasteiger partial charge in [-0.25, -0.2) is 13.1 Å². The molecule has 0 unspecified atom stereocenters. The molecule has 3 aromatic rings. The quantitative estimate of drug-likeness (QED) is 0.501. The Hall–Kier alpha value is -3.37. The van der Waals surface area contributed by atoms with Crippen LogP contribution in [0.3, 0.4) is 0 Å². The van der Waals surface area contributed by atoms with Crippen molar-refractivity contribution in [2.45, 2.75) is 31.7 Å². The Morgan fingerprint density at radius 3 is 2.35 bits per heavy atom. The second kappa shape index (κ2) is 8.78. The monoisotopic (exact) mass is 445 g/mol. The van der Waals surface area contributed by atoms with Gasteiger partial charge in [0.25, 0.3) is 5.91 Å². The minimum absolute atomic E-state index is 0.0200. The van der Waals surface area contributed by atoms with Crippen molar-refractivity contribution in [2.75, 3.05) is 7.11 Å². The Kier molecular flexibility index (Phi) is 6.32. The molecule has 10 heteroatoms. The molecule has 3 N–H and O–H groups in total. The van der Waals surface area contributed by atoms with Crippen molar-refractivity contribution in [2.24, 2.45) is 0 Å². The highest BCUT2D eigenvalue weighted by atomic mass is 32.2. The van der Waals surface area contributed by atoms with Gasteiger partial charge < -0.3 is 9.15 Å². The van der Waals surface area contributed by atoms with Gasteiger partial charge in [0.15, 0.2) is 5.76 Å². The van der Waals surface area contributed by atoms with Crippen LogP contribution >= 0.6 is 0 Å². The van der Waals surface area contributed by atoms with Crippen molar-refractivity contribution in [1.29, 1.82) is 0 Å². The smallest absolute Gasteiger partial charge is 0.305 e. The van der Waals surface area contributed by atoms with E-state index in [-0.39, 0.29) is 28.0 Å². The van der Waals surface area contributed by atoms with Crippen LogP contribution in [0.5, 0.6) is 5.75 Å². The molecule has 1 heterocycles. The van der Waals surface area contributed by atoms with Crippen LogP contribution in [0.4, 0.5) is 0 Å². The fraction of sp³-hybridized carbons (Fsp3) is 0.238. The number of methoxy groups -OCH3 is 1. The molecule has 0 aliphatic carbocycles. The van der Waals surface area contributed by atoms with Crippen molar-refractivity contribution in [3.05, 3.63) is 59.4 Å². The normalized spacial score (nSPS) is 11.5. The number of hydrogen-bond acceptors (Lipinski definition) is 6.